The number of pyridine rings is 1. The molecule has 0 spiro atoms. The van der Waals surface area contributed by atoms with Gasteiger partial charge in [0.05, 0.1) is 24.3 Å². The molecule has 0 fully saturated rings. The van der Waals surface area contributed by atoms with E-state index < -0.39 is 23.5 Å². The van der Waals surface area contributed by atoms with Crippen molar-refractivity contribution in [3.63, 3.8) is 0 Å². The van der Waals surface area contributed by atoms with Crippen molar-refractivity contribution in [1.29, 1.82) is 0 Å². The Morgan fingerprint density at radius 1 is 1.11 bits per heavy atom. The smallest absolute Gasteiger partial charge is 0.419 e. The number of alkyl halides is 3. The molecule has 1 atom stereocenters. The molecule has 0 saturated heterocycles. The van der Waals surface area contributed by atoms with E-state index in [0.29, 0.717) is 23.4 Å². The third kappa shape index (κ3) is 6.09. The maximum Gasteiger partial charge on any atom is 0.419 e. The summed E-state index contributed by atoms with van der Waals surface area (Å²) in [7, 11) is 0. The minimum absolute atomic E-state index is 0.0155. The Hall–Kier alpha value is -3.62. The van der Waals surface area contributed by atoms with E-state index in [-0.39, 0.29) is 31.3 Å². The summed E-state index contributed by atoms with van der Waals surface area (Å²) in [5.74, 6) is -0.889. The Labute approximate surface area is 199 Å². The van der Waals surface area contributed by atoms with E-state index in [9.17, 15) is 22.4 Å². The van der Waals surface area contributed by atoms with Gasteiger partial charge in [-0.3, -0.25) is 4.79 Å². The van der Waals surface area contributed by atoms with Gasteiger partial charge < -0.3 is 15.2 Å². The summed E-state index contributed by atoms with van der Waals surface area (Å²) in [5.41, 5.74) is 2.04. The molecule has 2 aromatic carbocycles. The topological polar surface area (TPSA) is 71.5 Å². The molecule has 2 N–H and O–H groups in total. The average molecular weight is 488 g/mol. The highest BCUT2D eigenvalue weighted by Gasteiger charge is 2.34. The van der Waals surface area contributed by atoms with E-state index >= 15 is 0 Å². The first-order valence-corrected chi connectivity index (χ1v) is 11.3. The highest BCUT2D eigenvalue weighted by atomic mass is 19.4. The molecule has 9 heteroatoms. The van der Waals surface area contributed by atoms with Crippen LogP contribution in [0.25, 0.3) is 11.3 Å². The number of hydrogen-bond acceptors (Lipinski definition) is 4. The maximum absolute atomic E-state index is 13.5. The van der Waals surface area contributed by atoms with Crippen LogP contribution in [0.4, 0.5) is 23.4 Å². The molecule has 1 heterocycles. The molecule has 0 radical (unpaired) electrons. The van der Waals surface area contributed by atoms with Crippen LogP contribution in [0.1, 0.15) is 41.9 Å². The first kappa shape index (κ1) is 24.5. The summed E-state index contributed by atoms with van der Waals surface area (Å²) in [6.07, 6.45) is -2.45. The van der Waals surface area contributed by atoms with E-state index in [0.717, 1.165) is 30.0 Å². The number of ether oxygens (including phenoxy) is 1. The van der Waals surface area contributed by atoms with Crippen LogP contribution in [0.5, 0.6) is 5.75 Å². The second-order valence-electron chi connectivity index (χ2n) is 8.42. The molecular weight excluding hydrogens is 464 g/mol. The quantitative estimate of drug-likeness (QED) is 0.274. The van der Waals surface area contributed by atoms with Crippen molar-refractivity contribution in [2.45, 2.75) is 37.8 Å². The molecule has 35 heavy (non-hydrogen) atoms. The highest BCUT2D eigenvalue weighted by molar-refractivity contribution is 5.68. The van der Waals surface area contributed by atoms with E-state index in [1.54, 1.807) is 6.07 Å². The second-order valence-corrected chi connectivity index (χ2v) is 8.42. The van der Waals surface area contributed by atoms with Crippen molar-refractivity contribution >= 4 is 11.8 Å². The number of rotatable bonds is 9. The van der Waals surface area contributed by atoms with Gasteiger partial charge in [-0.25, -0.2) is 9.37 Å². The van der Waals surface area contributed by atoms with E-state index in [1.807, 2.05) is 12.1 Å². The van der Waals surface area contributed by atoms with Crippen LogP contribution < -0.4 is 10.1 Å². The maximum atomic E-state index is 13.5. The molecule has 0 unspecified atom stereocenters. The molecule has 0 saturated carbocycles. The number of hydrogen-bond donors (Lipinski definition) is 2. The predicted octanol–water partition coefficient (Wildman–Crippen LogP) is 6.29. The zero-order chi connectivity index (χ0) is 25.0. The van der Waals surface area contributed by atoms with Gasteiger partial charge in [-0.15, -0.1) is 0 Å². The molecule has 0 amide bonds. The van der Waals surface area contributed by atoms with Crippen molar-refractivity contribution in [1.82, 2.24) is 4.98 Å². The average Bonchev–Trinajstić information content (AvgIpc) is 3.20. The summed E-state index contributed by atoms with van der Waals surface area (Å²) in [6, 6.07) is 13.2. The first-order chi connectivity index (χ1) is 16.7. The van der Waals surface area contributed by atoms with Gasteiger partial charge in [0, 0.05) is 12.1 Å². The van der Waals surface area contributed by atoms with Crippen molar-refractivity contribution in [3.8, 4) is 17.0 Å². The number of halogens is 4. The van der Waals surface area contributed by atoms with Crippen LogP contribution in [0.3, 0.4) is 0 Å². The fraction of sp³-hybridized carbons (Fsp3) is 0.308. The van der Waals surface area contributed by atoms with Gasteiger partial charge in [0.1, 0.15) is 17.4 Å². The summed E-state index contributed by atoms with van der Waals surface area (Å²) in [6.45, 7) is 0.484. The van der Waals surface area contributed by atoms with Crippen molar-refractivity contribution in [3.05, 3.63) is 77.1 Å². The van der Waals surface area contributed by atoms with Gasteiger partial charge in [0.25, 0.3) is 0 Å². The lowest BCUT2D eigenvalue weighted by Gasteiger charge is -2.15. The number of anilines is 1. The first-order valence-electron chi connectivity index (χ1n) is 11.3. The van der Waals surface area contributed by atoms with Crippen LogP contribution >= 0.6 is 0 Å². The van der Waals surface area contributed by atoms with E-state index in [1.165, 1.54) is 30.3 Å². The molecule has 184 valence electrons. The molecular formula is C26H24F4N2O3. The summed E-state index contributed by atoms with van der Waals surface area (Å²) in [5, 5.41) is 11.8. The number of nitrogens with one attached hydrogen (secondary N) is 1. The Morgan fingerprint density at radius 3 is 2.60 bits per heavy atom. The molecule has 4 rings (SSSR count). The monoisotopic (exact) mass is 488 g/mol. The van der Waals surface area contributed by atoms with Crippen LogP contribution in [-0.2, 0) is 17.4 Å². The zero-order valence-corrected chi connectivity index (χ0v) is 18.7. The number of carboxylic acids is 1. The molecule has 3 aromatic rings. The number of aromatic nitrogens is 1. The van der Waals surface area contributed by atoms with Crippen LogP contribution in [0.15, 0.2) is 54.6 Å². The number of aryl methyl sites for hydroxylation is 1. The van der Waals surface area contributed by atoms with Crippen LogP contribution in [0.2, 0.25) is 0 Å². The number of fused-ring (bicyclic) bond motifs is 1. The van der Waals surface area contributed by atoms with Gasteiger partial charge in [-0.1, -0.05) is 6.07 Å². The third-order valence-corrected chi connectivity index (χ3v) is 5.96. The normalized spacial score (nSPS) is 15.0. The number of aliphatic carboxylic acids is 1. The van der Waals surface area contributed by atoms with Gasteiger partial charge >= 0.3 is 12.1 Å². The third-order valence-electron chi connectivity index (χ3n) is 5.96. The number of benzene rings is 2. The Kier molecular flexibility index (Phi) is 7.23. The minimum atomic E-state index is -4.57. The molecule has 0 aliphatic heterocycles. The molecule has 1 aliphatic rings. The molecule has 5 nitrogen and oxygen atoms in total. The zero-order valence-electron chi connectivity index (χ0n) is 18.7. The van der Waals surface area contributed by atoms with Crippen molar-refractivity contribution < 1.29 is 32.2 Å². The van der Waals surface area contributed by atoms with Crippen LogP contribution in [0, 0.1) is 5.82 Å². The van der Waals surface area contributed by atoms with E-state index in [4.69, 9.17) is 9.84 Å². The van der Waals surface area contributed by atoms with Gasteiger partial charge in [-0.2, -0.15) is 13.2 Å². The van der Waals surface area contributed by atoms with Gasteiger partial charge in [0.2, 0.25) is 0 Å². The summed E-state index contributed by atoms with van der Waals surface area (Å²) < 4.78 is 59.3. The van der Waals surface area contributed by atoms with Crippen molar-refractivity contribution in [2.24, 2.45) is 0 Å². The van der Waals surface area contributed by atoms with Crippen molar-refractivity contribution in [2.75, 3.05) is 18.5 Å². The van der Waals surface area contributed by atoms with E-state index in [2.05, 4.69) is 10.3 Å². The number of carbonyl (C=O) groups is 1. The Morgan fingerprint density at radius 2 is 1.89 bits per heavy atom. The largest absolute Gasteiger partial charge is 0.494 e. The fourth-order valence-electron chi connectivity index (χ4n) is 4.27. The lowest BCUT2D eigenvalue weighted by atomic mass is 9.98. The fourth-order valence-corrected chi connectivity index (χ4v) is 4.27. The summed E-state index contributed by atoms with van der Waals surface area (Å²) in [4.78, 5) is 15.1. The number of carboxylic acid groups (broad SMARTS) is 1. The second kappa shape index (κ2) is 10.3. The minimum Gasteiger partial charge on any atom is -0.494 e. The Bertz CT molecular complexity index is 1200. The highest BCUT2D eigenvalue weighted by Crippen LogP contribution is 2.37. The molecule has 1 aliphatic carbocycles. The van der Waals surface area contributed by atoms with Gasteiger partial charge in [-0.05, 0) is 84.8 Å². The standard InChI is InChI=1S/C26H24F4N2O3/c27-19-6-4-16(5-7-19)23-11-10-22(26(28,29)30)25(32-23)31-12-1-13-35-20-8-9-21-17(14-20)2-3-18(21)15-24(33)34/h4-11,14,18H,1-3,12-13,15H2,(H,31,32)(H,33,34)/t18-/m0/s1. The molecule has 0 bridgehead atoms. The predicted molar refractivity (Wildman–Crippen MR) is 123 cm³/mol. The van der Waals surface area contributed by atoms with Gasteiger partial charge in [0.15, 0.2) is 0 Å². The SMILES string of the molecule is O=C(O)C[C@@H]1CCc2cc(OCCCNc3nc(-c4ccc(F)cc4)ccc3C(F)(F)F)ccc21. The summed E-state index contributed by atoms with van der Waals surface area (Å²) >= 11 is 0. The lowest BCUT2D eigenvalue weighted by molar-refractivity contribution is -0.138. The number of nitrogens with zero attached hydrogens (tertiary/aromatic N) is 1. The molecule has 1 aromatic heterocycles. The van der Waals surface area contributed by atoms with Crippen LogP contribution in [-0.4, -0.2) is 29.2 Å². The lowest BCUT2D eigenvalue weighted by Crippen LogP contribution is -2.15. The Balaban J connectivity index is 1.35.